The minimum atomic E-state index is -0.398. The molecule has 0 bridgehead atoms. The molecule has 88 valence electrons. The lowest BCUT2D eigenvalue weighted by Gasteiger charge is -2.09. The number of nitro benzene ring substituents is 1. The summed E-state index contributed by atoms with van der Waals surface area (Å²) in [5.74, 6) is 0.561. The molecule has 16 heavy (non-hydrogen) atoms. The van der Waals surface area contributed by atoms with Crippen molar-refractivity contribution < 1.29 is 9.66 Å². The Morgan fingerprint density at radius 2 is 2.06 bits per heavy atom. The number of nitrogens with two attached hydrogens (primary N) is 1. The molecule has 0 fully saturated rings. The molecule has 0 aliphatic carbocycles. The number of ether oxygens (including phenoxy) is 1. The number of hydrogen-bond acceptors (Lipinski definition) is 4. The molecular weight excluding hydrogens is 208 g/mol. The highest BCUT2D eigenvalue weighted by atomic mass is 16.6. The summed E-state index contributed by atoms with van der Waals surface area (Å²) >= 11 is 0. The number of nitro groups is 1. The van der Waals surface area contributed by atoms with Gasteiger partial charge in [0, 0.05) is 5.56 Å². The summed E-state index contributed by atoms with van der Waals surface area (Å²) in [7, 11) is 0. The second kappa shape index (κ2) is 5.46. The fraction of sp³-hybridized carbons (Fsp3) is 0.455. The monoisotopic (exact) mass is 224 g/mol. The predicted molar refractivity (Wildman–Crippen MR) is 61.7 cm³/mol. The molecule has 0 atom stereocenters. The van der Waals surface area contributed by atoms with E-state index < -0.39 is 4.92 Å². The van der Waals surface area contributed by atoms with Crippen molar-refractivity contribution in [3.63, 3.8) is 0 Å². The molecule has 1 aromatic carbocycles. The fourth-order valence-corrected chi connectivity index (χ4v) is 1.44. The molecule has 2 N–H and O–H groups in total. The molecule has 5 heteroatoms. The van der Waals surface area contributed by atoms with Gasteiger partial charge in [-0.15, -0.1) is 0 Å². The minimum absolute atomic E-state index is 0.0911. The van der Waals surface area contributed by atoms with Gasteiger partial charge in [-0.1, -0.05) is 0 Å². The van der Waals surface area contributed by atoms with Crippen LogP contribution in [0.5, 0.6) is 5.75 Å². The molecule has 1 aromatic rings. The lowest BCUT2D eigenvalue weighted by atomic mass is 10.1. The van der Waals surface area contributed by atoms with Crippen LogP contribution in [0, 0.1) is 24.0 Å². The molecule has 0 spiro atoms. The SMILES string of the molecule is Cc1cc(C)c([N+](=O)[O-])cc1OCCCN. The van der Waals surface area contributed by atoms with Crippen molar-refractivity contribution >= 4 is 5.69 Å². The Hall–Kier alpha value is -1.62. The Labute approximate surface area is 94.4 Å². The summed E-state index contributed by atoms with van der Waals surface area (Å²) in [5.41, 5.74) is 6.99. The number of hydrogen-bond donors (Lipinski definition) is 1. The van der Waals surface area contributed by atoms with Crippen molar-refractivity contribution in [3.8, 4) is 5.75 Å². The van der Waals surface area contributed by atoms with E-state index in [1.165, 1.54) is 6.07 Å². The van der Waals surface area contributed by atoms with E-state index in [0.717, 1.165) is 12.0 Å². The van der Waals surface area contributed by atoms with E-state index in [4.69, 9.17) is 10.5 Å². The lowest BCUT2D eigenvalue weighted by molar-refractivity contribution is -0.385. The molecule has 0 aromatic heterocycles. The van der Waals surface area contributed by atoms with Crippen LogP contribution in [0.4, 0.5) is 5.69 Å². The maximum atomic E-state index is 10.7. The van der Waals surface area contributed by atoms with E-state index in [1.807, 2.05) is 6.92 Å². The largest absolute Gasteiger partial charge is 0.493 e. The zero-order valence-electron chi connectivity index (χ0n) is 9.53. The molecule has 0 saturated carbocycles. The first-order chi connectivity index (χ1) is 7.56. The maximum Gasteiger partial charge on any atom is 0.276 e. The van der Waals surface area contributed by atoms with E-state index >= 15 is 0 Å². The third-order valence-corrected chi connectivity index (χ3v) is 2.30. The van der Waals surface area contributed by atoms with E-state index in [0.29, 0.717) is 24.5 Å². The maximum absolute atomic E-state index is 10.7. The Balaban J connectivity index is 2.91. The van der Waals surface area contributed by atoms with Gasteiger partial charge >= 0.3 is 0 Å². The highest BCUT2D eigenvalue weighted by Crippen LogP contribution is 2.27. The van der Waals surface area contributed by atoms with E-state index in [9.17, 15) is 10.1 Å². The second-order valence-electron chi connectivity index (χ2n) is 3.65. The summed E-state index contributed by atoms with van der Waals surface area (Å²) in [4.78, 5) is 10.3. The van der Waals surface area contributed by atoms with E-state index in [-0.39, 0.29) is 5.69 Å². The molecule has 0 heterocycles. The van der Waals surface area contributed by atoms with Crippen LogP contribution in [0.2, 0.25) is 0 Å². The van der Waals surface area contributed by atoms with Crippen LogP contribution < -0.4 is 10.5 Å². The van der Waals surface area contributed by atoms with E-state index in [2.05, 4.69) is 0 Å². The van der Waals surface area contributed by atoms with E-state index in [1.54, 1.807) is 13.0 Å². The molecule has 0 unspecified atom stereocenters. The van der Waals surface area contributed by atoms with Gasteiger partial charge in [-0.05, 0) is 38.4 Å². The van der Waals surface area contributed by atoms with Crippen LogP contribution in [-0.2, 0) is 0 Å². The van der Waals surface area contributed by atoms with Gasteiger partial charge < -0.3 is 10.5 Å². The summed E-state index contributed by atoms with van der Waals surface area (Å²) in [6.45, 7) is 4.62. The zero-order valence-corrected chi connectivity index (χ0v) is 9.53. The van der Waals surface area contributed by atoms with Gasteiger partial charge in [0.25, 0.3) is 5.69 Å². The zero-order chi connectivity index (χ0) is 12.1. The minimum Gasteiger partial charge on any atom is -0.493 e. The van der Waals surface area contributed by atoms with Crippen LogP contribution >= 0.6 is 0 Å². The molecule has 0 saturated heterocycles. The third kappa shape index (κ3) is 2.93. The smallest absolute Gasteiger partial charge is 0.276 e. The van der Waals surface area contributed by atoms with Gasteiger partial charge in [0.1, 0.15) is 5.75 Å². The molecule has 0 aliphatic rings. The van der Waals surface area contributed by atoms with Crippen molar-refractivity contribution in [2.24, 2.45) is 5.73 Å². The number of aryl methyl sites for hydroxylation is 2. The Morgan fingerprint density at radius 1 is 1.38 bits per heavy atom. The first-order valence-electron chi connectivity index (χ1n) is 5.14. The molecule has 5 nitrogen and oxygen atoms in total. The van der Waals surface area contributed by atoms with Gasteiger partial charge in [-0.2, -0.15) is 0 Å². The van der Waals surface area contributed by atoms with Gasteiger partial charge in [-0.25, -0.2) is 0 Å². The van der Waals surface area contributed by atoms with Crippen molar-refractivity contribution in [3.05, 3.63) is 33.4 Å². The van der Waals surface area contributed by atoms with Crippen molar-refractivity contribution in [2.75, 3.05) is 13.2 Å². The van der Waals surface area contributed by atoms with Gasteiger partial charge in [0.2, 0.25) is 0 Å². The molecule has 0 radical (unpaired) electrons. The summed E-state index contributed by atoms with van der Waals surface area (Å²) < 4.78 is 5.44. The highest BCUT2D eigenvalue weighted by molar-refractivity contribution is 5.49. The van der Waals surface area contributed by atoms with Crippen LogP contribution in [0.3, 0.4) is 0 Å². The molecular formula is C11H16N2O3. The van der Waals surface area contributed by atoms with Crippen LogP contribution in [0.1, 0.15) is 17.5 Å². The molecule has 0 aliphatic heterocycles. The van der Waals surface area contributed by atoms with Crippen LogP contribution in [0.15, 0.2) is 12.1 Å². The average Bonchev–Trinajstić information content (AvgIpc) is 2.21. The fourth-order valence-electron chi connectivity index (χ4n) is 1.44. The number of nitrogens with zero attached hydrogens (tertiary/aromatic N) is 1. The average molecular weight is 224 g/mol. The predicted octanol–water partition coefficient (Wildman–Crippen LogP) is 1.94. The van der Waals surface area contributed by atoms with Gasteiger partial charge in [0.05, 0.1) is 17.6 Å². The van der Waals surface area contributed by atoms with Crippen LogP contribution in [-0.4, -0.2) is 18.1 Å². The lowest BCUT2D eigenvalue weighted by Crippen LogP contribution is -2.07. The first-order valence-corrected chi connectivity index (χ1v) is 5.14. The summed E-state index contributed by atoms with van der Waals surface area (Å²) in [6.07, 6.45) is 0.737. The second-order valence-corrected chi connectivity index (χ2v) is 3.65. The van der Waals surface area contributed by atoms with Gasteiger partial charge in [-0.3, -0.25) is 10.1 Å². The Morgan fingerprint density at radius 3 is 2.62 bits per heavy atom. The summed E-state index contributed by atoms with van der Waals surface area (Å²) in [5, 5.41) is 10.7. The third-order valence-electron chi connectivity index (χ3n) is 2.30. The Kier molecular flexibility index (Phi) is 4.25. The molecule has 0 amide bonds. The van der Waals surface area contributed by atoms with Crippen molar-refractivity contribution in [2.45, 2.75) is 20.3 Å². The quantitative estimate of drug-likeness (QED) is 0.471. The van der Waals surface area contributed by atoms with Gasteiger partial charge in [0.15, 0.2) is 0 Å². The molecule has 1 rings (SSSR count). The first kappa shape index (κ1) is 12.4. The number of rotatable bonds is 5. The Bertz CT molecular complexity index is 391. The number of benzene rings is 1. The standard InChI is InChI=1S/C11H16N2O3/c1-8-6-9(2)11(16-5-3-4-12)7-10(8)13(14)15/h6-7H,3-5,12H2,1-2H3. The topological polar surface area (TPSA) is 78.4 Å². The normalized spacial score (nSPS) is 10.2. The van der Waals surface area contributed by atoms with Crippen molar-refractivity contribution in [1.82, 2.24) is 0 Å². The summed E-state index contributed by atoms with van der Waals surface area (Å²) in [6, 6.07) is 3.23. The van der Waals surface area contributed by atoms with Crippen LogP contribution in [0.25, 0.3) is 0 Å². The highest BCUT2D eigenvalue weighted by Gasteiger charge is 2.14. The van der Waals surface area contributed by atoms with Crippen molar-refractivity contribution in [1.29, 1.82) is 0 Å².